The van der Waals surface area contributed by atoms with Crippen molar-refractivity contribution in [3.63, 3.8) is 0 Å². The second kappa shape index (κ2) is 4.63. The molecule has 1 rings (SSSR count). The fraction of sp³-hybridized carbons (Fsp3) is 0.800. The zero-order chi connectivity index (χ0) is 8.97. The second-order valence-corrected chi connectivity index (χ2v) is 3.64. The van der Waals surface area contributed by atoms with E-state index in [9.17, 15) is 5.11 Å². The third-order valence-corrected chi connectivity index (χ3v) is 2.29. The van der Waals surface area contributed by atoms with E-state index < -0.39 is 0 Å². The molecule has 2 heteroatoms. The van der Waals surface area contributed by atoms with E-state index in [0.29, 0.717) is 12.0 Å². The number of rotatable bonds is 6. The first kappa shape index (κ1) is 9.75. The van der Waals surface area contributed by atoms with Gasteiger partial charge in [0.1, 0.15) is 0 Å². The topological polar surface area (TPSA) is 32.8 Å². The lowest BCUT2D eigenvalue weighted by Crippen LogP contribution is -2.10. The van der Waals surface area contributed by atoms with Crippen LogP contribution in [0.4, 0.5) is 0 Å². The largest absolute Gasteiger partial charge is 0.393 e. The molecular weight excluding hydrogens is 152 g/mol. The van der Waals surface area contributed by atoms with Gasteiger partial charge in [-0.3, -0.25) is 0 Å². The van der Waals surface area contributed by atoms with Crippen LogP contribution < -0.4 is 0 Å². The van der Waals surface area contributed by atoms with Crippen molar-refractivity contribution >= 4 is 0 Å². The van der Waals surface area contributed by atoms with Crippen LogP contribution in [0.25, 0.3) is 0 Å². The Hall–Kier alpha value is -0.340. The molecule has 1 N–H and O–H groups in total. The summed E-state index contributed by atoms with van der Waals surface area (Å²) in [6.07, 6.45) is 4.80. The van der Waals surface area contributed by atoms with Gasteiger partial charge in [0.15, 0.2) is 0 Å². The van der Waals surface area contributed by atoms with Crippen LogP contribution in [0.2, 0.25) is 0 Å². The highest BCUT2D eigenvalue weighted by Crippen LogP contribution is 2.19. The van der Waals surface area contributed by atoms with Gasteiger partial charge in [-0.15, -0.1) is 6.58 Å². The molecule has 0 aromatic heterocycles. The fourth-order valence-electron chi connectivity index (χ4n) is 1.20. The molecule has 1 aliphatic heterocycles. The maximum absolute atomic E-state index is 9.49. The summed E-state index contributed by atoms with van der Waals surface area (Å²) in [7, 11) is 0. The van der Waals surface area contributed by atoms with Crippen molar-refractivity contribution in [2.45, 2.75) is 38.4 Å². The number of hydrogen-bond acceptors (Lipinski definition) is 2. The molecule has 0 radical (unpaired) electrons. The summed E-state index contributed by atoms with van der Waals surface area (Å²) in [5.41, 5.74) is 0. The minimum Gasteiger partial charge on any atom is -0.393 e. The summed E-state index contributed by atoms with van der Waals surface area (Å²) in [5, 5.41) is 9.49. The van der Waals surface area contributed by atoms with Gasteiger partial charge >= 0.3 is 0 Å². The van der Waals surface area contributed by atoms with E-state index in [1.807, 2.05) is 6.08 Å². The number of allylic oxidation sites excluding steroid dienone is 1. The monoisotopic (exact) mass is 170 g/mol. The molecule has 70 valence electrons. The van der Waals surface area contributed by atoms with Gasteiger partial charge in [-0.2, -0.15) is 0 Å². The molecule has 1 fully saturated rings. The van der Waals surface area contributed by atoms with Gasteiger partial charge in [0.05, 0.1) is 18.8 Å². The molecule has 0 saturated carbocycles. The number of epoxide rings is 1. The lowest BCUT2D eigenvalue weighted by Gasteiger charge is -2.10. The van der Waals surface area contributed by atoms with Crippen LogP contribution in [0, 0.1) is 5.92 Å². The molecule has 1 saturated heterocycles. The Morgan fingerprint density at radius 3 is 2.83 bits per heavy atom. The molecule has 3 atom stereocenters. The quantitative estimate of drug-likeness (QED) is 0.486. The molecule has 0 spiro atoms. The average molecular weight is 170 g/mol. The Balaban J connectivity index is 2.00. The fourth-order valence-corrected chi connectivity index (χ4v) is 1.20. The Morgan fingerprint density at radius 2 is 2.33 bits per heavy atom. The smallest absolute Gasteiger partial charge is 0.0834 e. The van der Waals surface area contributed by atoms with Crippen LogP contribution in [-0.2, 0) is 4.74 Å². The molecule has 2 nitrogen and oxygen atoms in total. The maximum atomic E-state index is 9.49. The van der Waals surface area contributed by atoms with E-state index in [2.05, 4.69) is 13.5 Å². The van der Waals surface area contributed by atoms with Crippen molar-refractivity contribution in [3.05, 3.63) is 12.7 Å². The molecule has 0 aliphatic carbocycles. The van der Waals surface area contributed by atoms with Gasteiger partial charge in [-0.1, -0.05) is 13.0 Å². The van der Waals surface area contributed by atoms with Crippen molar-refractivity contribution in [2.75, 3.05) is 6.61 Å². The summed E-state index contributed by atoms with van der Waals surface area (Å²) in [4.78, 5) is 0. The third-order valence-electron chi connectivity index (χ3n) is 2.29. The highest BCUT2D eigenvalue weighted by Gasteiger charge is 2.25. The molecule has 0 aromatic carbocycles. The lowest BCUT2D eigenvalue weighted by molar-refractivity contribution is 0.137. The zero-order valence-electron chi connectivity index (χ0n) is 7.70. The molecule has 0 amide bonds. The van der Waals surface area contributed by atoms with Crippen molar-refractivity contribution in [1.29, 1.82) is 0 Å². The number of ether oxygens (including phenoxy) is 1. The van der Waals surface area contributed by atoms with Crippen molar-refractivity contribution in [3.8, 4) is 0 Å². The average Bonchev–Trinajstić information content (AvgIpc) is 2.84. The predicted octanol–water partition coefficient (Wildman–Crippen LogP) is 1.74. The first-order chi connectivity index (χ1) is 5.72. The predicted molar refractivity (Wildman–Crippen MR) is 49.0 cm³/mol. The SMILES string of the molecule is C=C[C@@H](C)CC[C@@H](O)C[C@@H]1CO1. The van der Waals surface area contributed by atoms with Gasteiger partial charge in [-0.05, 0) is 18.8 Å². The van der Waals surface area contributed by atoms with Crippen LogP contribution in [-0.4, -0.2) is 23.9 Å². The normalized spacial score (nSPS) is 26.3. The summed E-state index contributed by atoms with van der Waals surface area (Å²) in [6, 6.07) is 0. The first-order valence-electron chi connectivity index (χ1n) is 4.64. The Labute approximate surface area is 74.2 Å². The third kappa shape index (κ3) is 3.88. The molecule has 0 aromatic rings. The molecule has 0 bridgehead atoms. The standard InChI is InChI=1S/C10H18O2/c1-3-8(2)4-5-9(11)6-10-7-12-10/h3,8-11H,1,4-7H2,2H3/t8-,9-,10-/m1/s1. The maximum Gasteiger partial charge on any atom is 0.0834 e. The van der Waals surface area contributed by atoms with Gasteiger partial charge in [0, 0.05) is 6.42 Å². The van der Waals surface area contributed by atoms with E-state index >= 15 is 0 Å². The van der Waals surface area contributed by atoms with Crippen molar-refractivity contribution in [1.82, 2.24) is 0 Å². The zero-order valence-corrected chi connectivity index (χ0v) is 7.70. The first-order valence-corrected chi connectivity index (χ1v) is 4.64. The molecule has 1 heterocycles. The minimum atomic E-state index is -0.181. The van der Waals surface area contributed by atoms with E-state index in [0.717, 1.165) is 25.9 Å². The Bertz CT molecular complexity index is 141. The van der Waals surface area contributed by atoms with Crippen molar-refractivity contribution in [2.24, 2.45) is 5.92 Å². The highest BCUT2D eigenvalue weighted by atomic mass is 16.6. The summed E-state index contributed by atoms with van der Waals surface area (Å²) in [5.74, 6) is 0.514. The molecular formula is C10H18O2. The van der Waals surface area contributed by atoms with E-state index in [4.69, 9.17) is 4.74 Å². The summed E-state index contributed by atoms with van der Waals surface area (Å²) in [6.45, 7) is 6.67. The molecule has 0 unspecified atom stereocenters. The molecule has 12 heavy (non-hydrogen) atoms. The van der Waals surface area contributed by atoms with Gasteiger partial charge < -0.3 is 9.84 Å². The highest BCUT2D eigenvalue weighted by molar-refractivity contribution is 4.78. The second-order valence-electron chi connectivity index (χ2n) is 3.64. The number of aliphatic hydroxyl groups is 1. The van der Waals surface area contributed by atoms with Crippen molar-refractivity contribution < 1.29 is 9.84 Å². The molecule has 1 aliphatic rings. The summed E-state index contributed by atoms with van der Waals surface area (Å²) >= 11 is 0. The summed E-state index contributed by atoms with van der Waals surface area (Å²) < 4.78 is 5.03. The van der Waals surface area contributed by atoms with E-state index in [1.165, 1.54) is 0 Å². The Morgan fingerprint density at radius 1 is 1.67 bits per heavy atom. The number of aliphatic hydroxyl groups excluding tert-OH is 1. The lowest BCUT2D eigenvalue weighted by atomic mass is 10.0. The van der Waals surface area contributed by atoms with Crippen LogP contribution in [0.1, 0.15) is 26.2 Å². The van der Waals surface area contributed by atoms with Gasteiger partial charge in [0.2, 0.25) is 0 Å². The van der Waals surface area contributed by atoms with Crippen LogP contribution in [0.15, 0.2) is 12.7 Å². The van der Waals surface area contributed by atoms with Crippen LogP contribution >= 0.6 is 0 Å². The van der Waals surface area contributed by atoms with E-state index in [-0.39, 0.29) is 6.10 Å². The van der Waals surface area contributed by atoms with Crippen LogP contribution in [0.3, 0.4) is 0 Å². The van der Waals surface area contributed by atoms with Gasteiger partial charge in [0.25, 0.3) is 0 Å². The minimum absolute atomic E-state index is 0.181. The number of hydrogen-bond donors (Lipinski definition) is 1. The Kier molecular flexibility index (Phi) is 3.76. The van der Waals surface area contributed by atoms with E-state index in [1.54, 1.807) is 0 Å². The van der Waals surface area contributed by atoms with Crippen LogP contribution in [0.5, 0.6) is 0 Å². The van der Waals surface area contributed by atoms with Gasteiger partial charge in [-0.25, -0.2) is 0 Å².